The molecule has 1 aliphatic heterocycles. The molecule has 3 aromatic carbocycles. The van der Waals surface area contributed by atoms with Gasteiger partial charge in [0.25, 0.3) is 11.8 Å². The number of halogens is 1. The van der Waals surface area contributed by atoms with Crippen molar-refractivity contribution in [1.29, 1.82) is 0 Å². The van der Waals surface area contributed by atoms with Gasteiger partial charge in [-0.05, 0) is 79.1 Å². The first-order valence-corrected chi connectivity index (χ1v) is 12.7. The second kappa shape index (κ2) is 11.9. The Labute approximate surface area is 223 Å². The van der Waals surface area contributed by atoms with Gasteiger partial charge in [0.15, 0.2) is 0 Å². The Hall–Kier alpha value is -4.26. The number of allylic oxidation sites excluding steroid dienone is 1. The Bertz CT molecular complexity index is 1390. The zero-order valence-electron chi connectivity index (χ0n) is 22.0. The second-order valence-corrected chi connectivity index (χ2v) is 9.64. The van der Waals surface area contributed by atoms with Gasteiger partial charge in [-0.1, -0.05) is 36.4 Å². The summed E-state index contributed by atoms with van der Waals surface area (Å²) >= 11 is 0. The number of carbonyl (C=O) groups is 2. The Kier molecular flexibility index (Phi) is 8.36. The van der Waals surface area contributed by atoms with E-state index in [2.05, 4.69) is 34.6 Å². The van der Waals surface area contributed by atoms with Crippen molar-refractivity contribution in [1.82, 2.24) is 4.90 Å². The second-order valence-electron chi connectivity index (χ2n) is 9.64. The number of aryl methyl sites for hydroxylation is 2. The van der Waals surface area contributed by atoms with Gasteiger partial charge in [-0.3, -0.25) is 14.6 Å². The molecule has 3 N–H and O–H groups in total. The smallest absolute Gasteiger partial charge is 0.256 e. The molecule has 0 atom stereocenters. The minimum absolute atomic E-state index is 0.0622. The first-order chi connectivity index (χ1) is 18.3. The van der Waals surface area contributed by atoms with Crippen LogP contribution in [-0.4, -0.2) is 43.1 Å². The molecule has 0 aromatic heterocycles. The van der Waals surface area contributed by atoms with Crippen LogP contribution in [0.4, 0.5) is 10.1 Å². The summed E-state index contributed by atoms with van der Waals surface area (Å²) in [5.41, 5.74) is 11.7. The van der Waals surface area contributed by atoms with Crippen LogP contribution in [0.5, 0.6) is 0 Å². The first-order valence-electron chi connectivity index (χ1n) is 12.7. The lowest BCUT2D eigenvalue weighted by atomic mass is 9.88. The van der Waals surface area contributed by atoms with E-state index >= 15 is 0 Å². The average molecular weight is 513 g/mol. The number of carbonyl (C=O) groups excluding carboxylic acids is 2. The van der Waals surface area contributed by atoms with E-state index in [9.17, 15) is 14.0 Å². The largest absolute Gasteiger partial charge is 0.404 e. The quantitative estimate of drug-likeness (QED) is 0.415. The molecule has 0 radical (unpaired) electrons. The van der Waals surface area contributed by atoms with E-state index in [1.807, 2.05) is 17.9 Å². The molecule has 2 amide bonds. The van der Waals surface area contributed by atoms with E-state index < -0.39 is 11.7 Å². The van der Waals surface area contributed by atoms with Crippen molar-refractivity contribution in [3.05, 3.63) is 106 Å². The van der Waals surface area contributed by atoms with Crippen LogP contribution in [0.15, 0.2) is 71.9 Å². The van der Waals surface area contributed by atoms with Gasteiger partial charge in [-0.2, -0.15) is 0 Å². The minimum atomic E-state index is -0.469. The van der Waals surface area contributed by atoms with Crippen molar-refractivity contribution in [2.24, 2.45) is 10.7 Å². The van der Waals surface area contributed by atoms with Crippen molar-refractivity contribution in [2.45, 2.75) is 32.6 Å². The number of benzene rings is 3. The van der Waals surface area contributed by atoms with Crippen LogP contribution in [0.25, 0.3) is 5.57 Å². The summed E-state index contributed by atoms with van der Waals surface area (Å²) in [5, 5.41) is 2.85. The molecule has 6 nitrogen and oxygen atoms in total. The van der Waals surface area contributed by atoms with Crippen LogP contribution in [0.3, 0.4) is 0 Å². The van der Waals surface area contributed by atoms with E-state index in [-0.39, 0.29) is 11.5 Å². The highest BCUT2D eigenvalue weighted by Crippen LogP contribution is 2.30. The van der Waals surface area contributed by atoms with Gasteiger partial charge < -0.3 is 16.0 Å². The number of likely N-dealkylation sites (tertiary alicyclic amines) is 1. The zero-order chi connectivity index (χ0) is 27.2. The molecule has 0 bridgehead atoms. The van der Waals surface area contributed by atoms with Crippen LogP contribution in [-0.2, 0) is 0 Å². The van der Waals surface area contributed by atoms with E-state index in [1.54, 1.807) is 44.6 Å². The van der Waals surface area contributed by atoms with E-state index in [0.29, 0.717) is 35.8 Å². The lowest BCUT2D eigenvalue weighted by Gasteiger charge is -2.32. The number of nitrogens with two attached hydrogens (primary N) is 1. The van der Waals surface area contributed by atoms with E-state index in [1.165, 1.54) is 17.7 Å². The van der Waals surface area contributed by atoms with Gasteiger partial charge in [0.2, 0.25) is 0 Å². The third kappa shape index (κ3) is 5.99. The van der Waals surface area contributed by atoms with Crippen molar-refractivity contribution < 1.29 is 14.0 Å². The Morgan fingerprint density at radius 3 is 2.29 bits per heavy atom. The van der Waals surface area contributed by atoms with Gasteiger partial charge in [0.05, 0.1) is 0 Å². The third-order valence-electron chi connectivity index (χ3n) is 7.12. The normalized spacial score (nSPS) is 14.6. The molecule has 38 heavy (non-hydrogen) atoms. The number of hydrogen-bond donors (Lipinski definition) is 2. The monoisotopic (exact) mass is 512 g/mol. The minimum Gasteiger partial charge on any atom is -0.404 e. The number of piperidine rings is 1. The Morgan fingerprint density at radius 2 is 1.63 bits per heavy atom. The SMILES string of the molecule is CN=CC(=CN)c1ccc(C2CCN(C(=O)c3ccc(C)c(NC(=O)c4cc(F)ccc4C)c3)CC2)cc1. The molecular weight excluding hydrogens is 479 g/mol. The summed E-state index contributed by atoms with van der Waals surface area (Å²) in [6, 6.07) is 17.8. The average Bonchev–Trinajstić information content (AvgIpc) is 2.94. The molecule has 1 saturated heterocycles. The summed E-state index contributed by atoms with van der Waals surface area (Å²) in [5.74, 6) is -0.560. The topological polar surface area (TPSA) is 87.8 Å². The number of rotatable bonds is 6. The summed E-state index contributed by atoms with van der Waals surface area (Å²) in [6.07, 6.45) is 5.03. The van der Waals surface area contributed by atoms with Crippen LogP contribution < -0.4 is 11.1 Å². The number of anilines is 1. The molecule has 1 heterocycles. The fourth-order valence-electron chi connectivity index (χ4n) is 4.82. The molecule has 0 saturated carbocycles. The zero-order valence-corrected chi connectivity index (χ0v) is 22.0. The number of amides is 2. The molecule has 1 aliphatic rings. The number of hydrogen-bond acceptors (Lipinski definition) is 4. The van der Waals surface area contributed by atoms with Gasteiger partial charge in [-0.25, -0.2) is 4.39 Å². The highest BCUT2D eigenvalue weighted by Gasteiger charge is 2.25. The highest BCUT2D eigenvalue weighted by atomic mass is 19.1. The van der Waals surface area contributed by atoms with Gasteiger partial charge in [-0.15, -0.1) is 0 Å². The van der Waals surface area contributed by atoms with E-state index in [4.69, 9.17) is 5.73 Å². The molecule has 4 rings (SSSR count). The van der Waals surface area contributed by atoms with Crippen molar-refractivity contribution >= 4 is 29.3 Å². The molecule has 7 heteroatoms. The number of nitrogens with one attached hydrogen (secondary N) is 1. The van der Waals surface area contributed by atoms with Gasteiger partial charge in [0.1, 0.15) is 5.82 Å². The third-order valence-corrected chi connectivity index (χ3v) is 7.12. The predicted molar refractivity (Wildman–Crippen MR) is 151 cm³/mol. The van der Waals surface area contributed by atoms with Gasteiger partial charge in [0, 0.05) is 54.9 Å². The maximum absolute atomic E-state index is 13.7. The van der Waals surface area contributed by atoms with Gasteiger partial charge >= 0.3 is 0 Å². The molecule has 0 unspecified atom stereocenters. The summed E-state index contributed by atoms with van der Waals surface area (Å²) in [7, 11) is 1.72. The van der Waals surface area contributed by atoms with E-state index in [0.717, 1.165) is 29.5 Å². The molecule has 3 aromatic rings. The van der Waals surface area contributed by atoms with Crippen molar-refractivity contribution in [2.75, 3.05) is 25.5 Å². The van der Waals surface area contributed by atoms with Crippen molar-refractivity contribution in [3.63, 3.8) is 0 Å². The fourth-order valence-corrected chi connectivity index (χ4v) is 4.82. The number of nitrogens with zero attached hydrogens (tertiary/aromatic N) is 2. The van der Waals surface area contributed by atoms with Crippen LogP contribution in [0, 0.1) is 19.7 Å². The highest BCUT2D eigenvalue weighted by molar-refractivity contribution is 6.09. The Morgan fingerprint density at radius 1 is 0.974 bits per heavy atom. The van der Waals surface area contributed by atoms with Crippen LogP contribution in [0.2, 0.25) is 0 Å². The summed E-state index contributed by atoms with van der Waals surface area (Å²) in [6.45, 7) is 4.93. The van der Waals surface area contributed by atoms with Crippen LogP contribution >= 0.6 is 0 Å². The number of aliphatic imine (C=N–C) groups is 1. The molecule has 0 spiro atoms. The summed E-state index contributed by atoms with van der Waals surface area (Å²) in [4.78, 5) is 32.0. The Balaban J connectivity index is 1.41. The lowest BCUT2D eigenvalue weighted by molar-refractivity contribution is 0.0712. The summed E-state index contributed by atoms with van der Waals surface area (Å²) < 4.78 is 13.7. The standard InChI is InChI=1S/C31H33FN4O2/c1-20-5-11-27(32)17-28(20)30(37)35-29-16-25(6-4-21(29)2)31(38)36-14-12-24(13-15-36)22-7-9-23(10-8-22)26(18-33)19-34-3/h4-11,16-19,24H,12-15,33H2,1-3H3,(H,35,37). The molecule has 1 fully saturated rings. The molecular formula is C31H33FN4O2. The fraction of sp³-hybridized carbons (Fsp3) is 0.258. The van der Waals surface area contributed by atoms with Crippen molar-refractivity contribution in [3.8, 4) is 0 Å². The molecule has 0 aliphatic carbocycles. The molecule has 196 valence electrons. The maximum Gasteiger partial charge on any atom is 0.256 e. The predicted octanol–water partition coefficient (Wildman–Crippen LogP) is 5.71. The van der Waals surface area contributed by atoms with Crippen LogP contribution in [0.1, 0.15) is 61.7 Å². The lowest BCUT2D eigenvalue weighted by Crippen LogP contribution is -2.38. The first kappa shape index (κ1) is 26.8. The maximum atomic E-state index is 13.7.